The minimum absolute atomic E-state index is 0.0505. The molecule has 3 unspecified atom stereocenters. The van der Waals surface area contributed by atoms with Crippen LogP contribution in [0.2, 0.25) is 0 Å². The summed E-state index contributed by atoms with van der Waals surface area (Å²) >= 11 is 0. The first-order valence-electron chi connectivity index (χ1n) is 7.90. The van der Waals surface area contributed by atoms with Crippen LogP contribution >= 0.6 is 0 Å². The van der Waals surface area contributed by atoms with Gasteiger partial charge in [0, 0.05) is 19.6 Å². The molecule has 3 atom stereocenters. The lowest BCUT2D eigenvalue weighted by molar-refractivity contribution is -0.142. The molecule has 0 aliphatic carbocycles. The third kappa shape index (κ3) is 3.48. The van der Waals surface area contributed by atoms with E-state index in [9.17, 15) is 14.7 Å². The number of aliphatic carboxylic acids is 1. The highest BCUT2D eigenvalue weighted by atomic mass is 16.5. The van der Waals surface area contributed by atoms with Crippen molar-refractivity contribution >= 4 is 12.0 Å². The molecule has 6 heteroatoms. The highest BCUT2D eigenvalue weighted by molar-refractivity contribution is 5.77. The molecule has 0 aromatic rings. The summed E-state index contributed by atoms with van der Waals surface area (Å²) in [5, 5.41) is 9.24. The molecule has 2 amide bonds. The monoisotopic (exact) mass is 298 g/mol. The van der Waals surface area contributed by atoms with Gasteiger partial charge >= 0.3 is 12.0 Å². The third-order valence-electron chi connectivity index (χ3n) is 4.76. The Morgan fingerprint density at radius 3 is 2.71 bits per heavy atom. The van der Waals surface area contributed by atoms with Gasteiger partial charge in [0.2, 0.25) is 0 Å². The average molecular weight is 298 g/mol. The van der Waals surface area contributed by atoms with Crippen molar-refractivity contribution in [3.63, 3.8) is 0 Å². The van der Waals surface area contributed by atoms with Crippen molar-refractivity contribution in [2.24, 2.45) is 5.92 Å². The van der Waals surface area contributed by atoms with E-state index in [0.717, 1.165) is 38.6 Å². The maximum atomic E-state index is 12.8. The van der Waals surface area contributed by atoms with Crippen molar-refractivity contribution < 1.29 is 19.4 Å². The standard InChI is InChI=1S/C15H26N2O4/c1-3-11-7-5-4-6-8-17(11)15(20)16(2)13-10-21-9-12(13)14(18)19/h11-13H,3-10H2,1-2H3,(H,18,19). The quantitative estimate of drug-likeness (QED) is 0.862. The lowest BCUT2D eigenvalue weighted by atomic mass is 10.0. The largest absolute Gasteiger partial charge is 0.481 e. The summed E-state index contributed by atoms with van der Waals surface area (Å²) in [7, 11) is 1.70. The maximum Gasteiger partial charge on any atom is 0.320 e. The summed E-state index contributed by atoms with van der Waals surface area (Å²) < 4.78 is 5.27. The number of hydrogen-bond acceptors (Lipinski definition) is 3. The normalized spacial score (nSPS) is 30.0. The van der Waals surface area contributed by atoms with Gasteiger partial charge in [-0.3, -0.25) is 4.79 Å². The highest BCUT2D eigenvalue weighted by Crippen LogP contribution is 2.24. The minimum Gasteiger partial charge on any atom is -0.481 e. The van der Waals surface area contributed by atoms with E-state index in [-0.39, 0.29) is 24.7 Å². The minimum atomic E-state index is -0.889. The van der Waals surface area contributed by atoms with Crippen LogP contribution in [0, 0.1) is 5.92 Å². The van der Waals surface area contributed by atoms with Crippen molar-refractivity contribution in [2.75, 3.05) is 26.8 Å². The van der Waals surface area contributed by atoms with E-state index in [0.29, 0.717) is 6.61 Å². The topological polar surface area (TPSA) is 70.1 Å². The van der Waals surface area contributed by atoms with Crippen LogP contribution in [0.3, 0.4) is 0 Å². The van der Waals surface area contributed by atoms with Crippen LogP contribution in [0.25, 0.3) is 0 Å². The van der Waals surface area contributed by atoms with E-state index < -0.39 is 11.9 Å². The number of urea groups is 1. The third-order valence-corrected chi connectivity index (χ3v) is 4.76. The van der Waals surface area contributed by atoms with Gasteiger partial charge in [-0.15, -0.1) is 0 Å². The fourth-order valence-electron chi connectivity index (χ4n) is 3.36. The molecule has 120 valence electrons. The number of carboxylic acid groups (broad SMARTS) is 1. The van der Waals surface area contributed by atoms with Crippen LogP contribution in [0.1, 0.15) is 39.0 Å². The van der Waals surface area contributed by atoms with E-state index in [2.05, 4.69) is 6.92 Å². The predicted molar refractivity (Wildman–Crippen MR) is 78.1 cm³/mol. The summed E-state index contributed by atoms with van der Waals surface area (Å²) in [4.78, 5) is 27.6. The second-order valence-electron chi connectivity index (χ2n) is 6.05. The Bertz CT molecular complexity index is 388. The zero-order valence-corrected chi connectivity index (χ0v) is 13.0. The van der Waals surface area contributed by atoms with Crippen molar-refractivity contribution in [1.82, 2.24) is 9.80 Å². The van der Waals surface area contributed by atoms with Gasteiger partial charge in [0.1, 0.15) is 5.92 Å². The van der Waals surface area contributed by atoms with Gasteiger partial charge < -0.3 is 19.6 Å². The Labute approximate surface area is 126 Å². The molecular formula is C15H26N2O4. The van der Waals surface area contributed by atoms with Gasteiger partial charge in [0.25, 0.3) is 0 Å². The smallest absolute Gasteiger partial charge is 0.320 e. The lowest BCUT2D eigenvalue weighted by Crippen LogP contribution is -2.52. The molecule has 6 nitrogen and oxygen atoms in total. The van der Waals surface area contributed by atoms with Gasteiger partial charge in [-0.2, -0.15) is 0 Å². The Hall–Kier alpha value is -1.30. The molecule has 2 fully saturated rings. The van der Waals surface area contributed by atoms with E-state index >= 15 is 0 Å². The van der Waals surface area contributed by atoms with Crippen LogP contribution in [0.5, 0.6) is 0 Å². The van der Waals surface area contributed by atoms with E-state index in [1.54, 1.807) is 11.9 Å². The highest BCUT2D eigenvalue weighted by Gasteiger charge is 2.40. The summed E-state index contributed by atoms with van der Waals surface area (Å²) in [6.45, 7) is 3.38. The molecule has 0 aromatic heterocycles. The molecule has 0 radical (unpaired) electrons. The number of likely N-dealkylation sites (tertiary alicyclic amines) is 1. The molecule has 2 rings (SSSR count). The molecule has 0 bridgehead atoms. The first-order chi connectivity index (χ1) is 10.1. The van der Waals surface area contributed by atoms with Crippen molar-refractivity contribution in [3.8, 4) is 0 Å². The van der Waals surface area contributed by atoms with Gasteiger partial charge in [0.15, 0.2) is 0 Å². The van der Waals surface area contributed by atoms with Gasteiger partial charge in [-0.25, -0.2) is 4.79 Å². The fraction of sp³-hybridized carbons (Fsp3) is 0.867. The van der Waals surface area contributed by atoms with Crippen LogP contribution in [0.4, 0.5) is 4.79 Å². The second-order valence-corrected chi connectivity index (χ2v) is 6.05. The van der Waals surface area contributed by atoms with Crippen LogP contribution in [-0.4, -0.2) is 65.8 Å². The number of hydrogen-bond donors (Lipinski definition) is 1. The van der Waals surface area contributed by atoms with E-state index in [1.165, 1.54) is 0 Å². The van der Waals surface area contributed by atoms with Gasteiger partial charge in [0.05, 0.1) is 19.3 Å². The van der Waals surface area contributed by atoms with E-state index in [1.807, 2.05) is 4.90 Å². The Balaban J connectivity index is 2.08. The number of carboxylic acids is 1. The summed E-state index contributed by atoms with van der Waals surface area (Å²) in [5.74, 6) is -1.51. The molecule has 0 saturated carbocycles. The lowest BCUT2D eigenvalue weighted by Gasteiger charge is -2.36. The molecule has 2 heterocycles. The number of amides is 2. The fourth-order valence-corrected chi connectivity index (χ4v) is 3.36. The van der Waals surface area contributed by atoms with Gasteiger partial charge in [-0.05, 0) is 19.3 Å². The Morgan fingerprint density at radius 1 is 1.29 bits per heavy atom. The maximum absolute atomic E-state index is 12.8. The SMILES string of the molecule is CCC1CCCCCN1C(=O)N(C)C1COCC1C(=O)O. The summed E-state index contributed by atoms with van der Waals surface area (Å²) in [6, 6.07) is -0.144. The number of ether oxygens (including phenoxy) is 1. The second kappa shape index (κ2) is 7.11. The predicted octanol–water partition coefficient (Wildman–Crippen LogP) is 1.79. The molecular weight excluding hydrogens is 272 g/mol. The molecule has 2 aliphatic rings. The van der Waals surface area contributed by atoms with Crippen molar-refractivity contribution in [3.05, 3.63) is 0 Å². The first-order valence-corrected chi connectivity index (χ1v) is 7.90. The molecule has 21 heavy (non-hydrogen) atoms. The van der Waals surface area contributed by atoms with Crippen molar-refractivity contribution in [1.29, 1.82) is 0 Å². The molecule has 2 aliphatic heterocycles. The number of carbonyl (C=O) groups is 2. The molecule has 0 spiro atoms. The van der Waals surface area contributed by atoms with Crippen LogP contribution in [0.15, 0.2) is 0 Å². The summed E-state index contributed by atoms with van der Waals surface area (Å²) in [6.07, 6.45) is 5.34. The average Bonchev–Trinajstić information content (AvgIpc) is 2.84. The zero-order chi connectivity index (χ0) is 15.4. The van der Waals surface area contributed by atoms with Crippen LogP contribution < -0.4 is 0 Å². The number of rotatable bonds is 3. The van der Waals surface area contributed by atoms with Gasteiger partial charge in [-0.1, -0.05) is 19.8 Å². The first kappa shape index (κ1) is 16.1. The number of carbonyl (C=O) groups excluding carboxylic acids is 1. The number of nitrogens with zero attached hydrogens (tertiary/aromatic N) is 2. The van der Waals surface area contributed by atoms with E-state index in [4.69, 9.17) is 4.74 Å². The zero-order valence-electron chi connectivity index (χ0n) is 13.0. The molecule has 2 saturated heterocycles. The van der Waals surface area contributed by atoms with Crippen LogP contribution in [-0.2, 0) is 9.53 Å². The molecule has 0 aromatic carbocycles. The number of likely N-dealkylation sites (N-methyl/N-ethyl adjacent to an activating group) is 1. The van der Waals surface area contributed by atoms with Crippen molar-refractivity contribution in [2.45, 2.75) is 51.1 Å². The molecule has 1 N–H and O–H groups in total. The Morgan fingerprint density at radius 2 is 2.05 bits per heavy atom. The Kier molecular flexibility index (Phi) is 5.45. The summed E-state index contributed by atoms with van der Waals surface area (Å²) in [5.41, 5.74) is 0.